The lowest BCUT2D eigenvalue weighted by molar-refractivity contribution is 0.102. The van der Waals surface area contributed by atoms with Crippen molar-refractivity contribution in [3.8, 4) is 0 Å². The van der Waals surface area contributed by atoms with Gasteiger partial charge < -0.3 is 9.72 Å². The van der Waals surface area contributed by atoms with Gasteiger partial charge in [0.1, 0.15) is 5.82 Å². The Labute approximate surface area is 109 Å². The highest BCUT2D eigenvalue weighted by Gasteiger charge is 2.07. The first-order valence-electron chi connectivity index (χ1n) is 5.74. The van der Waals surface area contributed by atoms with Crippen LogP contribution in [0.5, 0.6) is 0 Å². The summed E-state index contributed by atoms with van der Waals surface area (Å²) in [6.45, 7) is 1.79. The molecule has 0 aliphatic heterocycles. The number of amides is 1. The maximum atomic E-state index is 12.1. The van der Waals surface area contributed by atoms with Gasteiger partial charge in [0, 0.05) is 11.8 Å². The number of pyridine rings is 1. The molecule has 0 saturated heterocycles. The predicted octanol–water partition coefficient (Wildman–Crippen LogP) is 1.69. The number of nitrogens with zero attached hydrogens (tertiary/aromatic N) is 4. The standard InChI is InChI=1S/C13H11N5O/c1-9-15-5-11(6-16-9)17-13(19)10-2-3-18-8-14-7-12(18)4-10/h2-8H,1H3,(H,17,19). The SMILES string of the molecule is Cc1ncc(NC(=O)c2ccn3cncc3c2)cn1. The second-order valence-electron chi connectivity index (χ2n) is 4.11. The minimum atomic E-state index is -0.198. The molecule has 0 aromatic carbocycles. The molecule has 3 heterocycles. The highest BCUT2D eigenvalue weighted by atomic mass is 16.1. The molecule has 0 atom stereocenters. The molecule has 1 N–H and O–H groups in total. The summed E-state index contributed by atoms with van der Waals surface area (Å²) in [6, 6.07) is 3.51. The number of aromatic nitrogens is 4. The molecule has 94 valence electrons. The van der Waals surface area contributed by atoms with E-state index in [1.54, 1.807) is 50.2 Å². The van der Waals surface area contributed by atoms with Gasteiger partial charge in [0.15, 0.2) is 0 Å². The molecule has 6 heteroatoms. The maximum absolute atomic E-state index is 12.1. The lowest BCUT2D eigenvalue weighted by Crippen LogP contribution is -2.12. The lowest BCUT2D eigenvalue weighted by atomic mass is 10.2. The van der Waals surface area contributed by atoms with Crippen molar-refractivity contribution in [2.75, 3.05) is 5.32 Å². The zero-order valence-corrected chi connectivity index (χ0v) is 10.2. The minimum Gasteiger partial charge on any atom is -0.319 e. The predicted molar refractivity (Wildman–Crippen MR) is 69.9 cm³/mol. The second-order valence-corrected chi connectivity index (χ2v) is 4.11. The number of fused-ring (bicyclic) bond motifs is 1. The molecule has 0 aliphatic rings. The molecule has 1 amide bonds. The van der Waals surface area contributed by atoms with Gasteiger partial charge in [-0.3, -0.25) is 4.79 Å². The monoisotopic (exact) mass is 253 g/mol. The first kappa shape index (κ1) is 11.3. The Morgan fingerprint density at radius 2 is 2.05 bits per heavy atom. The van der Waals surface area contributed by atoms with Crippen LogP contribution in [0, 0.1) is 6.92 Å². The van der Waals surface area contributed by atoms with Crippen LogP contribution in [0.1, 0.15) is 16.2 Å². The molecular formula is C13H11N5O. The van der Waals surface area contributed by atoms with Crippen LogP contribution in [0.4, 0.5) is 5.69 Å². The van der Waals surface area contributed by atoms with E-state index in [0.29, 0.717) is 17.1 Å². The number of hydrogen-bond donors (Lipinski definition) is 1. The van der Waals surface area contributed by atoms with Crippen LogP contribution in [0.25, 0.3) is 5.52 Å². The summed E-state index contributed by atoms with van der Waals surface area (Å²) in [5, 5.41) is 2.75. The average molecular weight is 253 g/mol. The van der Waals surface area contributed by atoms with Gasteiger partial charge in [-0.05, 0) is 19.1 Å². The Hall–Kier alpha value is -2.76. The van der Waals surface area contributed by atoms with E-state index >= 15 is 0 Å². The Balaban J connectivity index is 1.84. The summed E-state index contributed by atoms with van der Waals surface area (Å²) in [5.41, 5.74) is 2.00. The van der Waals surface area contributed by atoms with Crippen LogP contribution in [-0.2, 0) is 0 Å². The molecule has 19 heavy (non-hydrogen) atoms. The third-order valence-electron chi connectivity index (χ3n) is 2.72. The number of anilines is 1. The summed E-state index contributed by atoms with van der Waals surface area (Å²) in [4.78, 5) is 24.1. The van der Waals surface area contributed by atoms with Crippen molar-refractivity contribution in [1.82, 2.24) is 19.4 Å². The lowest BCUT2D eigenvalue weighted by Gasteiger charge is -2.05. The number of nitrogens with one attached hydrogen (secondary N) is 1. The van der Waals surface area contributed by atoms with Crippen LogP contribution in [0.2, 0.25) is 0 Å². The Bertz CT molecular complexity index is 732. The van der Waals surface area contributed by atoms with E-state index in [1.807, 2.05) is 4.40 Å². The third-order valence-corrected chi connectivity index (χ3v) is 2.72. The number of carbonyl (C=O) groups excluding carboxylic acids is 1. The van der Waals surface area contributed by atoms with Crippen molar-refractivity contribution in [2.45, 2.75) is 6.92 Å². The van der Waals surface area contributed by atoms with E-state index in [2.05, 4.69) is 20.3 Å². The van der Waals surface area contributed by atoms with Crippen molar-refractivity contribution >= 4 is 17.1 Å². The van der Waals surface area contributed by atoms with E-state index in [4.69, 9.17) is 0 Å². The number of aryl methyl sites for hydroxylation is 1. The molecule has 0 saturated carbocycles. The van der Waals surface area contributed by atoms with Crippen molar-refractivity contribution < 1.29 is 4.79 Å². The smallest absolute Gasteiger partial charge is 0.255 e. The minimum absolute atomic E-state index is 0.198. The van der Waals surface area contributed by atoms with Gasteiger partial charge in [-0.2, -0.15) is 0 Å². The normalized spacial score (nSPS) is 10.6. The molecule has 0 bridgehead atoms. The average Bonchev–Trinajstić information content (AvgIpc) is 2.88. The van der Waals surface area contributed by atoms with Crippen LogP contribution < -0.4 is 5.32 Å². The molecule has 3 rings (SSSR count). The van der Waals surface area contributed by atoms with Gasteiger partial charge >= 0.3 is 0 Å². The van der Waals surface area contributed by atoms with Crippen molar-refractivity contribution in [3.63, 3.8) is 0 Å². The van der Waals surface area contributed by atoms with Crippen LogP contribution in [0.15, 0.2) is 43.2 Å². The number of hydrogen-bond acceptors (Lipinski definition) is 4. The number of carbonyl (C=O) groups is 1. The van der Waals surface area contributed by atoms with Gasteiger partial charge in [0.2, 0.25) is 0 Å². The fourth-order valence-electron chi connectivity index (χ4n) is 1.72. The van der Waals surface area contributed by atoms with Crippen LogP contribution >= 0.6 is 0 Å². The van der Waals surface area contributed by atoms with Gasteiger partial charge in [-0.15, -0.1) is 0 Å². The second kappa shape index (κ2) is 4.49. The van der Waals surface area contributed by atoms with Crippen LogP contribution in [-0.4, -0.2) is 25.3 Å². The van der Waals surface area contributed by atoms with E-state index in [1.165, 1.54) is 0 Å². The summed E-state index contributed by atoms with van der Waals surface area (Å²) >= 11 is 0. The highest BCUT2D eigenvalue weighted by Crippen LogP contribution is 2.10. The Morgan fingerprint density at radius 3 is 2.84 bits per heavy atom. The molecular weight excluding hydrogens is 242 g/mol. The van der Waals surface area contributed by atoms with Crippen LogP contribution in [0.3, 0.4) is 0 Å². The van der Waals surface area contributed by atoms with Gasteiger partial charge in [-0.25, -0.2) is 15.0 Å². The molecule has 0 fully saturated rings. The van der Waals surface area contributed by atoms with Gasteiger partial charge in [-0.1, -0.05) is 0 Å². The highest BCUT2D eigenvalue weighted by molar-refractivity contribution is 6.04. The molecule has 0 radical (unpaired) electrons. The molecule has 0 aliphatic carbocycles. The summed E-state index contributed by atoms with van der Waals surface area (Å²) in [7, 11) is 0. The first-order chi connectivity index (χ1) is 9.22. The third kappa shape index (κ3) is 2.28. The Kier molecular flexibility index (Phi) is 2.68. The van der Waals surface area contributed by atoms with Crippen molar-refractivity contribution in [1.29, 1.82) is 0 Å². The fourth-order valence-corrected chi connectivity index (χ4v) is 1.72. The topological polar surface area (TPSA) is 72.2 Å². The van der Waals surface area contributed by atoms with Crippen molar-refractivity contribution in [3.05, 3.63) is 54.6 Å². The van der Waals surface area contributed by atoms with E-state index in [0.717, 1.165) is 5.52 Å². The summed E-state index contributed by atoms with van der Waals surface area (Å²) in [6.07, 6.45) is 8.34. The first-order valence-corrected chi connectivity index (χ1v) is 5.74. The van der Waals surface area contributed by atoms with Gasteiger partial charge in [0.25, 0.3) is 5.91 Å². The summed E-state index contributed by atoms with van der Waals surface area (Å²) < 4.78 is 1.84. The summed E-state index contributed by atoms with van der Waals surface area (Å²) in [5.74, 6) is 0.467. The van der Waals surface area contributed by atoms with E-state index in [9.17, 15) is 4.79 Å². The number of imidazole rings is 1. The van der Waals surface area contributed by atoms with E-state index < -0.39 is 0 Å². The largest absolute Gasteiger partial charge is 0.319 e. The Morgan fingerprint density at radius 1 is 1.26 bits per heavy atom. The van der Waals surface area contributed by atoms with Gasteiger partial charge in [0.05, 0.1) is 36.1 Å². The zero-order valence-electron chi connectivity index (χ0n) is 10.2. The molecule has 3 aromatic heterocycles. The quantitative estimate of drug-likeness (QED) is 0.754. The fraction of sp³-hybridized carbons (Fsp3) is 0.0769. The zero-order chi connectivity index (χ0) is 13.2. The number of rotatable bonds is 2. The molecule has 3 aromatic rings. The molecule has 0 unspecified atom stereocenters. The van der Waals surface area contributed by atoms with Crippen molar-refractivity contribution in [2.24, 2.45) is 0 Å². The molecule has 6 nitrogen and oxygen atoms in total. The van der Waals surface area contributed by atoms with E-state index in [-0.39, 0.29) is 5.91 Å². The maximum Gasteiger partial charge on any atom is 0.255 e. The molecule has 0 spiro atoms.